The fraction of sp³-hybridized carbons (Fsp3) is 0.133. The second-order valence-electron chi connectivity index (χ2n) is 4.28. The molecule has 0 saturated heterocycles. The SMILES string of the molecule is Cc1cccc(NC(=O)CSc2cc(Cl)ccc2Cl)c1. The van der Waals surface area contributed by atoms with E-state index in [-0.39, 0.29) is 11.7 Å². The molecule has 0 aliphatic rings. The van der Waals surface area contributed by atoms with Crippen LogP contribution in [0.4, 0.5) is 5.69 Å². The Kier molecular flexibility index (Phi) is 5.35. The number of hydrogen-bond donors (Lipinski definition) is 1. The van der Waals surface area contributed by atoms with Gasteiger partial charge in [-0.3, -0.25) is 4.79 Å². The molecular formula is C15H13Cl2NOS. The summed E-state index contributed by atoms with van der Waals surface area (Å²) in [7, 11) is 0. The van der Waals surface area contributed by atoms with E-state index in [0.717, 1.165) is 16.1 Å². The Bertz CT molecular complexity index is 631. The Balaban J connectivity index is 1.94. The van der Waals surface area contributed by atoms with Gasteiger partial charge >= 0.3 is 0 Å². The van der Waals surface area contributed by atoms with Crippen LogP contribution < -0.4 is 5.32 Å². The quantitative estimate of drug-likeness (QED) is 0.798. The molecular weight excluding hydrogens is 313 g/mol. The molecule has 1 N–H and O–H groups in total. The van der Waals surface area contributed by atoms with E-state index in [4.69, 9.17) is 23.2 Å². The maximum absolute atomic E-state index is 11.9. The number of halogens is 2. The molecule has 20 heavy (non-hydrogen) atoms. The van der Waals surface area contributed by atoms with E-state index in [1.165, 1.54) is 11.8 Å². The van der Waals surface area contributed by atoms with E-state index >= 15 is 0 Å². The predicted octanol–water partition coefficient (Wildman–Crippen LogP) is 5.03. The van der Waals surface area contributed by atoms with E-state index in [0.29, 0.717) is 10.0 Å². The largest absolute Gasteiger partial charge is 0.325 e. The van der Waals surface area contributed by atoms with Crippen LogP contribution in [-0.4, -0.2) is 11.7 Å². The summed E-state index contributed by atoms with van der Waals surface area (Å²) in [6.07, 6.45) is 0. The van der Waals surface area contributed by atoms with Gasteiger partial charge in [0.15, 0.2) is 0 Å². The van der Waals surface area contributed by atoms with Crippen molar-refractivity contribution in [1.29, 1.82) is 0 Å². The van der Waals surface area contributed by atoms with E-state index < -0.39 is 0 Å². The second kappa shape index (κ2) is 7.02. The van der Waals surface area contributed by atoms with Crippen LogP contribution in [0.5, 0.6) is 0 Å². The summed E-state index contributed by atoms with van der Waals surface area (Å²) < 4.78 is 0. The van der Waals surface area contributed by atoms with E-state index in [1.807, 2.05) is 31.2 Å². The van der Waals surface area contributed by atoms with Gasteiger partial charge in [0, 0.05) is 15.6 Å². The molecule has 0 aromatic heterocycles. The number of anilines is 1. The van der Waals surface area contributed by atoms with E-state index in [1.54, 1.807) is 18.2 Å². The molecule has 0 radical (unpaired) electrons. The van der Waals surface area contributed by atoms with Gasteiger partial charge in [-0.1, -0.05) is 35.3 Å². The first kappa shape index (κ1) is 15.2. The lowest BCUT2D eigenvalue weighted by molar-refractivity contribution is -0.113. The van der Waals surface area contributed by atoms with Crippen LogP contribution in [0.2, 0.25) is 10.0 Å². The molecule has 0 aliphatic heterocycles. The van der Waals surface area contributed by atoms with Gasteiger partial charge in [-0.15, -0.1) is 11.8 Å². The fourth-order valence-corrected chi connectivity index (χ4v) is 2.94. The van der Waals surface area contributed by atoms with Gasteiger partial charge in [0.05, 0.1) is 10.8 Å². The number of rotatable bonds is 4. The van der Waals surface area contributed by atoms with Crippen molar-refractivity contribution in [2.24, 2.45) is 0 Å². The van der Waals surface area contributed by atoms with Gasteiger partial charge < -0.3 is 5.32 Å². The summed E-state index contributed by atoms with van der Waals surface area (Å²) in [6.45, 7) is 1.98. The summed E-state index contributed by atoms with van der Waals surface area (Å²) in [5, 5.41) is 4.06. The Morgan fingerprint density at radius 3 is 2.75 bits per heavy atom. The van der Waals surface area contributed by atoms with Crippen LogP contribution in [-0.2, 0) is 4.79 Å². The molecule has 1 amide bonds. The molecule has 0 heterocycles. The molecule has 0 bridgehead atoms. The molecule has 2 rings (SSSR count). The minimum absolute atomic E-state index is 0.0726. The van der Waals surface area contributed by atoms with E-state index in [2.05, 4.69) is 5.32 Å². The number of carbonyl (C=O) groups excluding carboxylic acids is 1. The highest BCUT2D eigenvalue weighted by atomic mass is 35.5. The van der Waals surface area contributed by atoms with Crippen molar-refractivity contribution in [1.82, 2.24) is 0 Å². The number of aryl methyl sites for hydroxylation is 1. The molecule has 2 nitrogen and oxygen atoms in total. The van der Waals surface area contributed by atoms with Crippen molar-refractivity contribution in [2.75, 3.05) is 11.1 Å². The lowest BCUT2D eigenvalue weighted by Gasteiger charge is -2.07. The summed E-state index contributed by atoms with van der Waals surface area (Å²) in [6, 6.07) is 12.9. The third-order valence-electron chi connectivity index (χ3n) is 2.55. The fourth-order valence-electron chi connectivity index (χ4n) is 1.65. The molecule has 2 aromatic rings. The lowest BCUT2D eigenvalue weighted by atomic mass is 10.2. The molecule has 5 heteroatoms. The number of carbonyl (C=O) groups is 1. The zero-order chi connectivity index (χ0) is 14.5. The Labute approximate surface area is 132 Å². The van der Waals surface area contributed by atoms with Crippen molar-refractivity contribution >= 4 is 46.6 Å². The first-order chi connectivity index (χ1) is 9.54. The average Bonchev–Trinajstić information content (AvgIpc) is 2.40. The van der Waals surface area contributed by atoms with Crippen molar-refractivity contribution in [3.8, 4) is 0 Å². The van der Waals surface area contributed by atoms with Crippen LogP contribution in [0.25, 0.3) is 0 Å². The van der Waals surface area contributed by atoms with Crippen LogP contribution in [0.15, 0.2) is 47.4 Å². The monoisotopic (exact) mass is 325 g/mol. The highest BCUT2D eigenvalue weighted by Crippen LogP contribution is 2.29. The normalized spacial score (nSPS) is 10.3. The summed E-state index contributed by atoms with van der Waals surface area (Å²) >= 11 is 13.3. The molecule has 0 fully saturated rings. The number of hydrogen-bond acceptors (Lipinski definition) is 2. The summed E-state index contributed by atoms with van der Waals surface area (Å²) in [4.78, 5) is 12.7. The number of nitrogens with one attached hydrogen (secondary N) is 1. The van der Waals surface area contributed by atoms with Crippen LogP contribution >= 0.6 is 35.0 Å². The highest BCUT2D eigenvalue weighted by molar-refractivity contribution is 8.00. The predicted molar refractivity (Wildman–Crippen MR) is 87.0 cm³/mol. The van der Waals surface area contributed by atoms with Gasteiger partial charge in [-0.05, 0) is 42.8 Å². The lowest BCUT2D eigenvalue weighted by Crippen LogP contribution is -2.14. The van der Waals surface area contributed by atoms with Gasteiger partial charge in [-0.25, -0.2) is 0 Å². The number of amides is 1. The number of benzene rings is 2. The molecule has 0 saturated carbocycles. The second-order valence-corrected chi connectivity index (χ2v) is 6.14. The third-order valence-corrected chi connectivity index (χ3v) is 4.29. The first-order valence-electron chi connectivity index (χ1n) is 5.99. The number of thioether (sulfide) groups is 1. The Morgan fingerprint density at radius 1 is 1.20 bits per heavy atom. The van der Waals surface area contributed by atoms with Crippen molar-refractivity contribution < 1.29 is 4.79 Å². The maximum Gasteiger partial charge on any atom is 0.234 e. The van der Waals surface area contributed by atoms with Gasteiger partial charge in [-0.2, -0.15) is 0 Å². The van der Waals surface area contributed by atoms with Crippen molar-refractivity contribution in [3.05, 3.63) is 58.1 Å². The van der Waals surface area contributed by atoms with Crippen LogP contribution in [0, 0.1) is 6.92 Å². The minimum atomic E-state index is -0.0726. The molecule has 0 atom stereocenters. The van der Waals surface area contributed by atoms with Crippen LogP contribution in [0.3, 0.4) is 0 Å². The zero-order valence-corrected chi connectivity index (χ0v) is 13.1. The standard InChI is InChI=1S/C15H13Cl2NOS/c1-10-3-2-4-12(7-10)18-15(19)9-20-14-8-11(16)5-6-13(14)17/h2-8H,9H2,1H3,(H,18,19). The summed E-state index contributed by atoms with van der Waals surface area (Å²) in [5.41, 5.74) is 1.90. The molecule has 2 aromatic carbocycles. The van der Waals surface area contributed by atoms with Crippen LogP contribution in [0.1, 0.15) is 5.56 Å². The molecule has 0 aliphatic carbocycles. The van der Waals surface area contributed by atoms with Crippen molar-refractivity contribution in [2.45, 2.75) is 11.8 Å². The first-order valence-corrected chi connectivity index (χ1v) is 7.73. The highest BCUT2D eigenvalue weighted by Gasteiger charge is 2.07. The zero-order valence-electron chi connectivity index (χ0n) is 10.8. The topological polar surface area (TPSA) is 29.1 Å². The maximum atomic E-state index is 11.9. The molecule has 0 unspecified atom stereocenters. The summed E-state index contributed by atoms with van der Waals surface area (Å²) in [5.74, 6) is 0.213. The van der Waals surface area contributed by atoms with Crippen molar-refractivity contribution in [3.63, 3.8) is 0 Å². The van der Waals surface area contributed by atoms with Gasteiger partial charge in [0.25, 0.3) is 0 Å². The van der Waals surface area contributed by atoms with Gasteiger partial charge in [0.1, 0.15) is 0 Å². The van der Waals surface area contributed by atoms with E-state index in [9.17, 15) is 4.79 Å². The molecule has 104 valence electrons. The smallest absolute Gasteiger partial charge is 0.234 e. The average molecular weight is 326 g/mol. The Morgan fingerprint density at radius 2 is 2.00 bits per heavy atom. The Hall–Kier alpha value is -1.16. The third kappa shape index (κ3) is 4.44. The molecule has 0 spiro atoms. The van der Waals surface area contributed by atoms with Gasteiger partial charge in [0.2, 0.25) is 5.91 Å². The minimum Gasteiger partial charge on any atom is -0.325 e.